The third-order valence-electron chi connectivity index (χ3n) is 4.92. The van der Waals surface area contributed by atoms with Crippen LogP contribution in [0.1, 0.15) is 10.5 Å². The fourth-order valence-corrected chi connectivity index (χ4v) is 3.31. The number of pyridine rings is 3. The van der Waals surface area contributed by atoms with E-state index in [-0.39, 0.29) is 11.4 Å². The summed E-state index contributed by atoms with van der Waals surface area (Å²) in [6.07, 6.45) is 6.36. The summed E-state index contributed by atoms with van der Waals surface area (Å²) in [5, 5.41) is 3.40. The smallest absolute Gasteiger partial charge is 0.278 e. The molecule has 0 aliphatic heterocycles. The van der Waals surface area contributed by atoms with E-state index in [1.54, 1.807) is 30.6 Å². The van der Waals surface area contributed by atoms with E-state index in [0.29, 0.717) is 22.8 Å². The molecule has 1 amide bonds. The molecule has 2 N–H and O–H groups in total. The number of aromatic nitrogens is 4. The lowest BCUT2D eigenvalue weighted by Gasteiger charge is -2.10. The molecule has 9 heteroatoms. The maximum atomic E-state index is 13.2. The lowest BCUT2D eigenvalue weighted by Crippen LogP contribution is -2.24. The van der Waals surface area contributed by atoms with Gasteiger partial charge in [0, 0.05) is 24.3 Å². The molecule has 4 heterocycles. The Morgan fingerprint density at radius 1 is 1.03 bits per heavy atom. The van der Waals surface area contributed by atoms with Crippen molar-refractivity contribution in [3.05, 3.63) is 107 Å². The minimum absolute atomic E-state index is 0.0700. The summed E-state index contributed by atoms with van der Waals surface area (Å²) in [6.45, 7) is 0. The Morgan fingerprint density at radius 2 is 1.88 bits per heavy atom. The highest BCUT2D eigenvalue weighted by Crippen LogP contribution is 2.27. The Bertz CT molecular complexity index is 1510. The number of rotatable bonds is 5. The number of H-pyrrole nitrogens is 1. The lowest BCUT2D eigenvalue weighted by atomic mass is 10.3. The van der Waals surface area contributed by atoms with Crippen LogP contribution in [0.4, 0.5) is 10.1 Å². The van der Waals surface area contributed by atoms with E-state index in [2.05, 4.69) is 20.3 Å². The molecule has 0 saturated carbocycles. The fourth-order valence-electron chi connectivity index (χ4n) is 3.31. The van der Waals surface area contributed by atoms with Crippen LogP contribution in [0.5, 0.6) is 11.5 Å². The molecule has 0 atom stereocenters. The first-order valence-electron chi connectivity index (χ1n) is 9.93. The van der Waals surface area contributed by atoms with E-state index in [4.69, 9.17) is 4.74 Å². The molecule has 0 aliphatic rings. The molecule has 33 heavy (non-hydrogen) atoms. The number of anilines is 1. The van der Waals surface area contributed by atoms with Gasteiger partial charge in [0.05, 0.1) is 11.6 Å². The molecule has 4 aromatic heterocycles. The number of nitrogens with zero attached hydrogens (tertiary/aromatic N) is 3. The molecule has 0 fully saturated rings. The number of aromatic amines is 1. The zero-order chi connectivity index (χ0) is 22.8. The van der Waals surface area contributed by atoms with Crippen LogP contribution in [0.2, 0.25) is 0 Å². The highest BCUT2D eigenvalue weighted by molar-refractivity contribution is 6.02. The van der Waals surface area contributed by atoms with E-state index in [9.17, 15) is 14.0 Å². The Kier molecular flexibility index (Phi) is 5.12. The van der Waals surface area contributed by atoms with Crippen molar-refractivity contribution >= 4 is 22.6 Å². The summed E-state index contributed by atoms with van der Waals surface area (Å²) in [5.41, 5.74) is 0.905. The molecule has 0 spiro atoms. The average molecular weight is 441 g/mol. The molecule has 1 aromatic carbocycles. The summed E-state index contributed by atoms with van der Waals surface area (Å²) in [4.78, 5) is 36.8. The van der Waals surface area contributed by atoms with Crippen molar-refractivity contribution in [2.45, 2.75) is 0 Å². The molecule has 0 aliphatic carbocycles. The van der Waals surface area contributed by atoms with Crippen LogP contribution >= 0.6 is 0 Å². The molecule has 0 unspecified atom stereocenters. The van der Waals surface area contributed by atoms with Gasteiger partial charge in [-0.05, 0) is 60.7 Å². The van der Waals surface area contributed by atoms with Crippen LogP contribution in [0.25, 0.3) is 16.7 Å². The molecule has 0 saturated heterocycles. The number of nitrogens with one attached hydrogen (secondary N) is 2. The Morgan fingerprint density at radius 3 is 2.67 bits per heavy atom. The molecular formula is C24H16FN5O3. The Balaban J connectivity index is 1.33. The number of ether oxygens (including phenoxy) is 1. The second-order valence-corrected chi connectivity index (χ2v) is 7.06. The van der Waals surface area contributed by atoms with Crippen molar-refractivity contribution in [2.24, 2.45) is 0 Å². The number of carbonyl (C=O) groups is 1. The minimum atomic E-state index is -0.549. The minimum Gasteiger partial charge on any atom is -0.455 e. The van der Waals surface area contributed by atoms with Crippen molar-refractivity contribution in [1.82, 2.24) is 19.5 Å². The predicted molar refractivity (Wildman–Crippen MR) is 120 cm³/mol. The van der Waals surface area contributed by atoms with Gasteiger partial charge < -0.3 is 15.0 Å². The number of halogens is 1. The maximum absolute atomic E-state index is 13.2. The first-order chi connectivity index (χ1) is 16.1. The van der Waals surface area contributed by atoms with Gasteiger partial charge >= 0.3 is 0 Å². The van der Waals surface area contributed by atoms with E-state index >= 15 is 0 Å². The van der Waals surface area contributed by atoms with E-state index in [0.717, 1.165) is 5.39 Å². The van der Waals surface area contributed by atoms with Gasteiger partial charge in [-0.25, -0.2) is 14.4 Å². The van der Waals surface area contributed by atoms with Gasteiger partial charge in [0.15, 0.2) is 0 Å². The second-order valence-electron chi connectivity index (χ2n) is 7.06. The van der Waals surface area contributed by atoms with E-state index in [1.807, 2.05) is 6.07 Å². The van der Waals surface area contributed by atoms with Crippen LogP contribution in [0.3, 0.4) is 0 Å². The predicted octanol–water partition coefficient (Wildman–Crippen LogP) is 4.29. The topological polar surface area (TPSA) is 102 Å². The van der Waals surface area contributed by atoms with Gasteiger partial charge in [-0.15, -0.1) is 0 Å². The molecule has 0 radical (unpaired) electrons. The highest BCUT2D eigenvalue weighted by Gasteiger charge is 2.13. The van der Waals surface area contributed by atoms with Crippen LogP contribution in [0, 0.1) is 5.82 Å². The van der Waals surface area contributed by atoms with Gasteiger partial charge in [0.25, 0.3) is 11.5 Å². The third kappa shape index (κ3) is 4.07. The Hall–Kier alpha value is -4.79. The van der Waals surface area contributed by atoms with Crippen LogP contribution < -0.4 is 15.6 Å². The van der Waals surface area contributed by atoms with Crippen LogP contribution in [-0.2, 0) is 0 Å². The van der Waals surface area contributed by atoms with Crippen molar-refractivity contribution in [3.63, 3.8) is 0 Å². The third-order valence-corrected chi connectivity index (χ3v) is 4.92. The zero-order valence-electron chi connectivity index (χ0n) is 17.0. The van der Waals surface area contributed by atoms with E-state index < -0.39 is 17.3 Å². The van der Waals surface area contributed by atoms with Gasteiger partial charge in [-0.2, -0.15) is 0 Å². The Labute approximate surface area is 186 Å². The summed E-state index contributed by atoms with van der Waals surface area (Å²) in [7, 11) is 0. The molecule has 5 rings (SSSR count). The van der Waals surface area contributed by atoms with Crippen molar-refractivity contribution in [3.8, 4) is 17.2 Å². The molecule has 8 nitrogen and oxygen atoms in total. The van der Waals surface area contributed by atoms with Gasteiger partial charge in [-0.3, -0.25) is 14.2 Å². The first kappa shape index (κ1) is 20.1. The quantitative estimate of drug-likeness (QED) is 0.424. The number of amides is 1. The summed E-state index contributed by atoms with van der Waals surface area (Å²) >= 11 is 0. The molecule has 162 valence electrons. The number of fused-ring (bicyclic) bond motifs is 1. The van der Waals surface area contributed by atoms with Gasteiger partial charge in [0.2, 0.25) is 0 Å². The fraction of sp³-hybridized carbons (Fsp3) is 0. The normalized spacial score (nSPS) is 10.8. The standard InChI is InChI=1S/C24H16FN5O3/c25-15-3-5-16(6-4-15)30-13-1-2-20(24(30)32)29-23(31)19-8-7-17(14-28-19)33-21-10-12-27-22-18(21)9-11-26-22/h1-14H,(H,26,27)(H,29,31). The maximum Gasteiger partial charge on any atom is 0.278 e. The van der Waals surface area contributed by atoms with E-state index in [1.165, 1.54) is 53.4 Å². The summed E-state index contributed by atoms with van der Waals surface area (Å²) in [6, 6.07) is 15.3. The van der Waals surface area contributed by atoms with Crippen molar-refractivity contribution < 1.29 is 13.9 Å². The highest BCUT2D eigenvalue weighted by atomic mass is 19.1. The van der Waals surface area contributed by atoms with Gasteiger partial charge in [0.1, 0.15) is 34.3 Å². The number of benzene rings is 1. The number of hydrogen-bond donors (Lipinski definition) is 2. The SMILES string of the molecule is O=C(Nc1cccn(-c2ccc(F)cc2)c1=O)c1ccc(Oc2ccnc3[nH]ccc23)cn1. The van der Waals surface area contributed by atoms with Crippen LogP contribution in [-0.4, -0.2) is 25.4 Å². The summed E-state index contributed by atoms with van der Waals surface area (Å²) < 4.78 is 20.4. The average Bonchev–Trinajstić information content (AvgIpc) is 3.32. The first-order valence-corrected chi connectivity index (χ1v) is 9.93. The molecular weight excluding hydrogens is 425 g/mol. The number of carbonyl (C=O) groups excluding carboxylic acids is 1. The zero-order valence-corrected chi connectivity index (χ0v) is 17.0. The monoisotopic (exact) mass is 441 g/mol. The summed E-state index contributed by atoms with van der Waals surface area (Å²) in [5.74, 6) is 0.0909. The second kappa shape index (κ2) is 8.39. The molecule has 0 bridgehead atoms. The van der Waals surface area contributed by atoms with Crippen molar-refractivity contribution in [1.29, 1.82) is 0 Å². The van der Waals surface area contributed by atoms with Crippen molar-refractivity contribution in [2.75, 3.05) is 5.32 Å². The largest absolute Gasteiger partial charge is 0.455 e. The number of hydrogen-bond acceptors (Lipinski definition) is 5. The van der Waals surface area contributed by atoms with Gasteiger partial charge in [-0.1, -0.05) is 0 Å². The molecule has 5 aromatic rings. The lowest BCUT2D eigenvalue weighted by molar-refractivity contribution is 0.102. The van der Waals surface area contributed by atoms with Crippen LogP contribution in [0.15, 0.2) is 90.2 Å².